The molecule has 0 radical (unpaired) electrons. The molecular formula is C13H28N2O. The van der Waals surface area contributed by atoms with Crippen molar-refractivity contribution in [2.75, 3.05) is 19.8 Å². The summed E-state index contributed by atoms with van der Waals surface area (Å²) in [6.07, 6.45) is 6.39. The summed E-state index contributed by atoms with van der Waals surface area (Å²) in [5.74, 6) is 0. The van der Waals surface area contributed by atoms with Crippen LogP contribution in [0.2, 0.25) is 0 Å². The van der Waals surface area contributed by atoms with Crippen LogP contribution < -0.4 is 5.43 Å². The second-order valence-corrected chi connectivity index (χ2v) is 4.91. The normalized spacial score (nSPS) is 27.2. The lowest BCUT2D eigenvalue weighted by Gasteiger charge is -2.39. The Morgan fingerprint density at radius 1 is 1.19 bits per heavy atom. The number of rotatable bonds is 7. The van der Waals surface area contributed by atoms with Crippen LogP contribution in [0.15, 0.2) is 0 Å². The fourth-order valence-electron chi connectivity index (χ4n) is 2.33. The maximum absolute atomic E-state index is 5.55. The molecule has 96 valence electrons. The summed E-state index contributed by atoms with van der Waals surface area (Å²) in [6.45, 7) is 9.48. The second kappa shape index (κ2) is 8.04. The summed E-state index contributed by atoms with van der Waals surface area (Å²) in [6, 6.07) is 1.33. The monoisotopic (exact) mass is 228 g/mol. The minimum Gasteiger partial charge on any atom is -0.380 e. The van der Waals surface area contributed by atoms with Gasteiger partial charge in [0.05, 0.1) is 6.61 Å². The van der Waals surface area contributed by atoms with Crippen LogP contribution >= 0.6 is 0 Å². The molecule has 0 saturated carbocycles. The van der Waals surface area contributed by atoms with Gasteiger partial charge in [-0.2, -0.15) is 0 Å². The first-order valence-electron chi connectivity index (χ1n) is 6.85. The average molecular weight is 228 g/mol. The molecule has 0 spiro atoms. The van der Waals surface area contributed by atoms with Gasteiger partial charge >= 0.3 is 0 Å². The van der Waals surface area contributed by atoms with Gasteiger partial charge in [-0.15, -0.1) is 0 Å². The zero-order chi connectivity index (χ0) is 11.8. The van der Waals surface area contributed by atoms with E-state index in [4.69, 9.17) is 4.74 Å². The Kier molecular flexibility index (Phi) is 7.01. The summed E-state index contributed by atoms with van der Waals surface area (Å²) < 4.78 is 5.55. The third kappa shape index (κ3) is 4.81. The van der Waals surface area contributed by atoms with Crippen LogP contribution in [0.5, 0.6) is 0 Å². The maximum Gasteiger partial charge on any atom is 0.0604 e. The van der Waals surface area contributed by atoms with E-state index in [0.717, 1.165) is 19.8 Å². The lowest BCUT2D eigenvalue weighted by Crippen LogP contribution is -2.52. The standard InChI is InChI=1S/C13H28N2O/c1-4-5-10-16-11-9-14-15-12(2)7-6-8-13(15)3/h12-14H,4-11H2,1-3H3. The van der Waals surface area contributed by atoms with Gasteiger partial charge in [0.25, 0.3) is 0 Å². The van der Waals surface area contributed by atoms with Gasteiger partial charge in [-0.05, 0) is 33.1 Å². The molecule has 1 heterocycles. The molecule has 1 aliphatic rings. The van der Waals surface area contributed by atoms with Gasteiger partial charge in [0.2, 0.25) is 0 Å². The van der Waals surface area contributed by atoms with Gasteiger partial charge < -0.3 is 4.74 Å². The summed E-state index contributed by atoms with van der Waals surface area (Å²) in [5, 5.41) is 2.41. The zero-order valence-corrected chi connectivity index (χ0v) is 11.2. The number of nitrogens with one attached hydrogen (secondary N) is 1. The SMILES string of the molecule is CCCCOCCNN1C(C)CCCC1C. The van der Waals surface area contributed by atoms with Crippen LogP contribution in [0.3, 0.4) is 0 Å². The van der Waals surface area contributed by atoms with Crippen LogP contribution in [-0.2, 0) is 4.74 Å². The van der Waals surface area contributed by atoms with Gasteiger partial charge in [-0.25, -0.2) is 5.01 Å². The number of nitrogens with zero attached hydrogens (tertiary/aromatic N) is 1. The molecule has 0 aromatic carbocycles. The minimum atomic E-state index is 0.666. The molecule has 1 aliphatic heterocycles. The van der Waals surface area contributed by atoms with E-state index >= 15 is 0 Å². The summed E-state index contributed by atoms with van der Waals surface area (Å²) in [5.41, 5.74) is 3.51. The van der Waals surface area contributed by atoms with Gasteiger partial charge in [0, 0.05) is 25.2 Å². The quantitative estimate of drug-likeness (QED) is 0.678. The lowest BCUT2D eigenvalue weighted by molar-refractivity contribution is 0.0306. The van der Waals surface area contributed by atoms with Crippen molar-refractivity contribution >= 4 is 0 Å². The van der Waals surface area contributed by atoms with E-state index in [-0.39, 0.29) is 0 Å². The maximum atomic E-state index is 5.55. The molecule has 1 rings (SSSR count). The van der Waals surface area contributed by atoms with Gasteiger partial charge in [-0.3, -0.25) is 5.43 Å². The third-order valence-electron chi connectivity index (χ3n) is 3.38. The summed E-state index contributed by atoms with van der Waals surface area (Å²) in [7, 11) is 0. The molecule has 0 aromatic heterocycles. The fraction of sp³-hybridized carbons (Fsp3) is 1.00. The number of hydrazine groups is 1. The number of ether oxygens (including phenoxy) is 1. The Balaban J connectivity index is 2.06. The van der Waals surface area contributed by atoms with Gasteiger partial charge in [-0.1, -0.05) is 19.8 Å². The number of hydrogen-bond acceptors (Lipinski definition) is 3. The fourth-order valence-corrected chi connectivity index (χ4v) is 2.33. The molecule has 16 heavy (non-hydrogen) atoms. The molecule has 0 bridgehead atoms. The highest BCUT2D eigenvalue weighted by Gasteiger charge is 2.23. The average Bonchev–Trinajstić information content (AvgIpc) is 2.26. The number of unbranched alkanes of at least 4 members (excludes halogenated alkanes) is 1. The Bertz CT molecular complexity index is 165. The Hall–Kier alpha value is -0.120. The van der Waals surface area contributed by atoms with Crippen molar-refractivity contribution in [3.05, 3.63) is 0 Å². The Morgan fingerprint density at radius 3 is 2.50 bits per heavy atom. The zero-order valence-electron chi connectivity index (χ0n) is 11.2. The molecule has 1 N–H and O–H groups in total. The molecule has 2 unspecified atom stereocenters. The van der Waals surface area contributed by atoms with Crippen LogP contribution in [-0.4, -0.2) is 36.9 Å². The predicted molar refractivity (Wildman–Crippen MR) is 68.3 cm³/mol. The third-order valence-corrected chi connectivity index (χ3v) is 3.38. The minimum absolute atomic E-state index is 0.666. The molecule has 1 saturated heterocycles. The predicted octanol–water partition coefficient (Wildman–Crippen LogP) is 2.57. The number of hydrogen-bond donors (Lipinski definition) is 1. The van der Waals surface area contributed by atoms with Crippen LogP contribution in [0, 0.1) is 0 Å². The smallest absolute Gasteiger partial charge is 0.0604 e. The van der Waals surface area contributed by atoms with Crippen molar-refractivity contribution < 1.29 is 4.74 Å². The van der Waals surface area contributed by atoms with Crippen molar-refractivity contribution in [1.82, 2.24) is 10.4 Å². The van der Waals surface area contributed by atoms with E-state index < -0.39 is 0 Å². The van der Waals surface area contributed by atoms with Crippen LogP contribution in [0.1, 0.15) is 52.9 Å². The van der Waals surface area contributed by atoms with E-state index in [2.05, 4.69) is 31.2 Å². The van der Waals surface area contributed by atoms with E-state index in [9.17, 15) is 0 Å². The highest BCUT2D eigenvalue weighted by atomic mass is 16.5. The summed E-state index contributed by atoms with van der Waals surface area (Å²) in [4.78, 5) is 0. The first-order chi connectivity index (χ1) is 7.75. The lowest BCUT2D eigenvalue weighted by atomic mass is 10.00. The van der Waals surface area contributed by atoms with Crippen molar-refractivity contribution in [3.63, 3.8) is 0 Å². The first kappa shape index (κ1) is 13.9. The van der Waals surface area contributed by atoms with Crippen molar-refractivity contribution in [2.45, 2.75) is 65.0 Å². The van der Waals surface area contributed by atoms with E-state index in [1.165, 1.54) is 32.1 Å². The topological polar surface area (TPSA) is 24.5 Å². The molecule has 0 aliphatic carbocycles. The number of piperidine rings is 1. The first-order valence-corrected chi connectivity index (χ1v) is 6.85. The Morgan fingerprint density at radius 2 is 1.88 bits per heavy atom. The molecular weight excluding hydrogens is 200 g/mol. The van der Waals surface area contributed by atoms with Crippen LogP contribution in [0.4, 0.5) is 0 Å². The van der Waals surface area contributed by atoms with E-state index in [0.29, 0.717) is 12.1 Å². The van der Waals surface area contributed by atoms with Crippen molar-refractivity contribution in [3.8, 4) is 0 Å². The van der Waals surface area contributed by atoms with Gasteiger partial charge in [0.1, 0.15) is 0 Å². The molecule has 1 fully saturated rings. The highest BCUT2D eigenvalue weighted by molar-refractivity contribution is 4.76. The highest BCUT2D eigenvalue weighted by Crippen LogP contribution is 2.19. The van der Waals surface area contributed by atoms with E-state index in [1.54, 1.807) is 0 Å². The van der Waals surface area contributed by atoms with Crippen molar-refractivity contribution in [2.24, 2.45) is 0 Å². The molecule has 3 heteroatoms. The Labute approximate surface area is 101 Å². The van der Waals surface area contributed by atoms with Crippen LogP contribution in [0.25, 0.3) is 0 Å². The molecule has 3 nitrogen and oxygen atoms in total. The summed E-state index contributed by atoms with van der Waals surface area (Å²) >= 11 is 0. The molecule has 0 amide bonds. The van der Waals surface area contributed by atoms with Crippen molar-refractivity contribution in [1.29, 1.82) is 0 Å². The van der Waals surface area contributed by atoms with Gasteiger partial charge in [0.15, 0.2) is 0 Å². The molecule has 2 atom stereocenters. The second-order valence-electron chi connectivity index (χ2n) is 4.91. The molecule has 0 aromatic rings. The van der Waals surface area contributed by atoms with E-state index in [1.807, 2.05) is 0 Å². The largest absolute Gasteiger partial charge is 0.380 e.